The van der Waals surface area contributed by atoms with E-state index in [0.29, 0.717) is 12.0 Å². The van der Waals surface area contributed by atoms with E-state index in [9.17, 15) is 13.2 Å². The number of nitrogens with zero attached hydrogens (tertiary/aromatic N) is 4. The van der Waals surface area contributed by atoms with Crippen LogP contribution >= 0.6 is 0 Å². The van der Waals surface area contributed by atoms with E-state index in [2.05, 4.69) is 10.1 Å². The first-order valence-electron chi connectivity index (χ1n) is 6.68. The van der Waals surface area contributed by atoms with Gasteiger partial charge in [-0.25, -0.2) is 13.2 Å². The van der Waals surface area contributed by atoms with Gasteiger partial charge < -0.3 is 10.6 Å². The minimum absolute atomic E-state index is 0.0690. The van der Waals surface area contributed by atoms with Crippen LogP contribution in [0.15, 0.2) is 12.1 Å². The van der Waals surface area contributed by atoms with Crippen molar-refractivity contribution in [3.8, 4) is 5.69 Å². The molecule has 1 saturated heterocycles. The second-order valence-electron chi connectivity index (χ2n) is 4.95. The van der Waals surface area contributed by atoms with E-state index < -0.39 is 17.5 Å². The number of piperidine rings is 1. The maximum atomic E-state index is 13.8. The molecule has 0 aliphatic carbocycles. The number of anilines is 2. The highest BCUT2D eigenvalue weighted by atomic mass is 19.2. The Bertz CT molecular complexity index is 664. The summed E-state index contributed by atoms with van der Waals surface area (Å²) in [6.45, 7) is 1.59. The van der Waals surface area contributed by atoms with Crippen molar-refractivity contribution in [2.45, 2.75) is 19.3 Å². The summed E-state index contributed by atoms with van der Waals surface area (Å²) in [5.74, 6) is -3.07. The molecule has 1 aliphatic rings. The van der Waals surface area contributed by atoms with Gasteiger partial charge in [-0.1, -0.05) is 0 Å². The molecule has 0 radical (unpaired) electrons. The lowest BCUT2D eigenvalue weighted by Gasteiger charge is -2.24. The molecule has 1 aromatic carbocycles. The first kappa shape index (κ1) is 13.7. The molecule has 0 atom stereocenters. The van der Waals surface area contributed by atoms with E-state index in [4.69, 9.17) is 5.73 Å². The average molecular weight is 297 g/mol. The van der Waals surface area contributed by atoms with Crippen LogP contribution in [0.1, 0.15) is 19.3 Å². The van der Waals surface area contributed by atoms with Crippen molar-refractivity contribution in [3.63, 3.8) is 0 Å². The molecule has 0 bridgehead atoms. The molecule has 3 rings (SSSR count). The number of hydrogen-bond acceptors (Lipinski definition) is 4. The number of nitrogens with two attached hydrogens (primary N) is 1. The summed E-state index contributed by atoms with van der Waals surface area (Å²) in [7, 11) is 0. The van der Waals surface area contributed by atoms with Crippen LogP contribution in [0.3, 0.4) is 0 Å². The Morgan fingerprint density at radius 2 is 1.62 bits per heavy atom. The Labute approximate surface area is 119 Å². The molecule has 0 unspecified atom stereocenters. The predicted octanol–water partition coefficient (Wildman–Crippen LogP) is 2.26. The van der Waals surface area contributed by atoms with Crippen LogP contribution < -0.4 is 10.6 Å². The molecule has 2 aromatic rings. The number of aromatic nitrogens is 3. The zero-order valence-electron chi connectivity index (χ0n) is 11.2. The molecule has 0 spiro atoms. The maximum Gasteiger partial charge on any atom is 0.246 e. The third-order valence-electron chi connectivity index (χ3n) is 3.48. The van der Waals surface area contributed by atoms with Crippen LogP contribution in [0.4, 0.5) is 25.1 Å². The number of hydrogen-bond donors (Lipinski definition) is 1. The highest BCUT2D eigenvalue weighted by molar-refractivity contribution is 5.44. The van der Waals surface area contributed by atoms with Crippen LogP contribution in [0.2, 0.25) is 0 Å². The molecule has 5 nitrogen and oxygen atoms in total. The highest BCUT2D eigenvalue weighted by Gasteiger charge is 2.20. The van der Waals surface area contributed by atoms with Gasteiger partial charge in [-0.05, 0) is 19.3 Å². The zero-order chi connectivity index (χ0) is 15.0. The Morgan fingerprint density at radius 1 is 0.952 bits per heavy atom. The van der Waals surface area contributed by atoms with Crippen LogP contribution in [0.25, 0.3) is 5.69 Å². The van der Waals surface area contributed by atoms with Crippen molar-refractivity contribution < 1.29 is 13.2 Å². The average Bonchev–Trinajstić information content (AvgIpc) is 2.86. The van der Waals surface area contributed by atoms with Gasteiger partial charge in [0, 0.05) is 25.2 Å². The quantitative estimate of drug-likeness (QED) is 0.864. The molecule has 21 heavy (non-hydrogen) atoms. The first-order valence-corrected chi connectivity index (χ1v) is 6.68. The Morgan fingerprint density at radius 3 is 2.33 bits per heavy atom. The van der Waals surface area contributed by atoms with Crippen LogP contribution in [0, 0.1) is 17.5 Å². The molecule has 1 aliphatic heterocycles. The smallest absolute Gasteiger partial charge is 0.246 e. The van der Waals surface area contributed by atoms with Gasteiger partial charge in [0.2, 0.25) is 11.9 Å². The standard InChI is InChI=1S/C13H14F3N5/c14-8-6-10(16)11(7-9(8)15)21-12(17)18-13(19-21)20-4-2-1-3-5-20/h6-7H,1-5H2,(H2,17,18,19). The fourth-order valence-corrected chi connectivity index (χ4v) is 2.39. The van der Waals surface area contributed by atoms with E-state index in [1.807, 2.05) is 4.90 Å². The summed E-state index contributed by atoms with van der Waals surface area (Å²) in [4.78, 5) is 6.02. The van der Waals surface area contributed by atoms with Crippen molar-refractivity contribution in [2.24, 2.45) is 0 Å². The lowest BCUT2D eigenvalue weighted by Crippen LogP contribution is -2.30. The van der Waals surface area contributed by atoms with E-state index in [0.717, 1.165) is 43.1 Å². The highest BCUT2D eigenvalue weighted by Crippen LogP contribution is 2.23. The Kier molecular flexibility index (Phi) is 3.44. The van der Waals surface area contributed by atoms with Gasteiger partial charge in [0.05, 0.1) is 0 Å². The van der Waals surface area contributed by atoms with Gasteiger partial charge in [0.15, 0.2) is 17.5 Å². The van der Waals surface area contributed by atoms with Crippen molar-refractivity contribution in [1.82, 2.24) is 14.8 Å². The lowest BCUT2D eigenvalue weighted by atomic mass is 10.1. The lowest BCUT2D eigenvalue weighted by molar-refractivity contribution is 0.491. The largest absolute Gasteiger partial charge is 0.368 e. The minimum atomic E-state index is -1.26. The minimum Gasteiger partial charge on any atom is -0.368 e. The maximum absolute atomic E-state index is 13.8. The summed E-state index contributed by atoms with van der Waals surface area (Å²) in [5, 5.41) is 4.11. The number of benzene rings is 1. The van der Waals surface area contributed by atoms with Crippen molar-refractivity contribution in [2.75, 3.05) is 23.7 Å². The molecule has 8 heteroatoms. The summed E-state index contributed by atoms with van der Waals surface area (Å²) < 4.78 is 41.0. The molecular formula is C13H14F3N5. The normalized spacial score (nSPS) is 15.5. The van der Waals surface area contributed by atoms with Crippen molar-refractivity contribution in [3.05, 3.63) is 29.6 Å². The molecule has 2 heterocycles. The Hall–Kier alpha value is -2.25. The molecular weight excluding hydrogens is 283 g/mol. The predicted molar refractivity (Wildman–Crippen MR) is 71.7 cm³/mol. The second kappa shape index (κ2) is 5.27. The molecule has 0 amide bonds. The third-order valence-corrected chi connectivity index (χ3v) is 3.48. The Balaban J connectivity index is 1.99. The van der Waals surface area contributed by atoms with Gasteiger partial charge in [-0.3, -0.25) is 0 Å². The van der Waals surface area contributed by atoms with Gasteiger partial charge in [-0.2, -0.15) is 9.67 Å². The van der Waals surface area contributed by atoms with Crippen LogP contribution in [-0.2, 0) is 0 Å². The second-order valence-corrected chi connectivity index (χ2v) is 4.95. The van der Waals surface area contributed by atoms with E-state index in [1.54, 1.807) is 0 Å². The fourth-order valence-electron chi connectivity index (χ4n) is 2.39. The SMILES string of the molecule is Nc1nc(N2CCCCC2)nn1-c1cc(F)c(F)cc1F. The first-order chi connectivity index (χ1) is 10.1. The summed E-state index contributed by atoms with van der Waals surface area (Å²) in [5.41, 5.74) is 5.46. The van der Waals surface area contributed by atoms with Crippen LogP contribution in [-0.4, -0.2) is 27.9 Å². The van der Waals surface area contributed by atoms with E-state index >= 15 is 0 Å². The molecule has 112 valence electrons. The summed E-state index contributed by atoms with van der Waals surface area (Å²) >= 11 is 0. The molecule has 1 fully saturated rings. The van der Waals surface area contributed by atoms with Gasteiger partial charge in [-0.15, -0.1) is 5.10 Å². The van der Waals surface area contributed by atoms with Crippen molar-refractivity contribution >= 4 is 11.9 Å². The van der Waals surface area contributed by atoms with Gasteiger partial charge in [0.1, 0.15) is 5.69 Å². The van der Waals surface area contributed by atoms with Gasteiger partial charge >= 0.3 is 0 Å². The summed E-state index contributed by atoms with van der Waals surface area (Å²) in [6, 6.07) is 1.18. The fraction of sp³-hybridized carbons (Fsp3) is 0.385. The van der Waals surface area contributed by atoms with E-state index in [1.165, 1.54) is 0 Å². The number of halogens is 3. The zero-order valence-corrected chi connectivity index (χ0v) is 11.2. The topological polar surface area (TPSA) is 60.0 Å². The van der Waals surface area contributed by atoms with Crippen LogP contribution in [0.5, 0.6) is 0 Å². The van der Waals surface area contributed by atoms with Gasteiger partial charge in [0.25, 0.3) is 0 Å². The third kappa shape index (κ3) is 2.53. The number of nitrogen functional groups attached to an aromatic ring is 1. The van der Waals surface area contributed by atoms with Crippen molar-refractivity contribution in [1.29, 1.82) is 0 Å². The van der Waals surface area contributed by atoms with E-state index in [-0.39, 0.29) is 11.6 Å². The molecule has 1 aromatic heterocycles. The monoisotopic (exact) mass is 297 g/mol. The summed E-state index contributed by atoms with van der Waals surface area (Å²) in [6.07, 6.45) is 3.19. The number of rotatable bonds is 2. The molecule has 2 N–H and O–H groups in total. The molecule has 0 saturated carbocycles.